The molecule has 22 heavy (non-hydrogen) atoms. The Morgan fingerprint density at radius 3 is 2.36 bits per heavy atom. The van der Waals surface area contributed by atoms with Crippen LogP contribution in [0.15, 0.2) is 29.2 Å². The Kier molecular flexibility index (Phi) is 6.08. The summed E-state index contributed by atoms with van der Waals surface area (Å²) in [6.45, 7) is 0.516. The van der Waals surface area contributed by atoms with E-state index in [0.29, 0.717) is 12.8 Å². The molecule has 0 unspecified atom stereocenters. The molecule has 0 radical (unpaired) electrons. The maximum atomic E-state index is 12.4. The number of ether oxygens (including phenoxy) is 1. The van der Waals surface area contributed by atoms with Gasteiger partial charge in [-0.05, 0) is 25.0 Å². The molecule has 0 amide bonds. The second-order valence-corrected chi connectivity index (χ2v) is 6.70. The SMILES string of the molecule is Cl.NC1CCN(S(=O)(=O)c2cccc(OC(F)(F)F)c2)CC1. The molecular weight excluding hydrogens is 345 g/mol. The summed E-state index contributed by atoms with van der Waals surface area (Å²) in [5.41, 5.74) is 5.71. The quantitative estimate of drug-likeness (QED) is 0.896. The van der Waals surface area contributed by atoms with E-state index in [1.807, 2.05) is 0 Å². The van der Waals surface area contributed by atoms with Crippen LogP contribution < -0.4 is 10.5 Å². The predicted octanol–water partition coefficient (Wildman–Crippen LogP) is 2.12. The standard InChI is InChI=1S/C12H15F3N2O3S.ClH/c13-12(14,15)20-10-2-1-3-11(8-10)21(18,19)17-6-4-9(16)5-7-17;/h1-3,8-9H,4-7,16H2;1H. The van der Waals surface area contributed by atoms with Gasteiger partial charge in [-0.3, -0.25) is 0 Å². The first kappa shape index (κ1) is 19.0. The van der Waals surface area contributed by atoms with Gasteiger partial charge >= 0.3 is 6.36 Å². The molecule has 0 atom stereocenters. The second kappa shape index (κ2) is 7.03. The van der Waals surface area contributed by atoms with Gasteiger partial charge in [0.05, 0.1) is 4.90 Å². The molecule has 10 heteroatoms. The molecule has 0 bridgehead atoms. The van der Waals surface area contributed by atoms with Gasteiger partial charge in [0.2, 0.25) is 10.0 Å². The summed E-state index contributed by atoms with van der Waals surface area (Å²) >= 11 is 0. The Hall–Kier alpha value is -1.03. The zero-order valence-electron chi connectivity index (χ0n) is 11.4. The van der Waals surface area contributed by atoms with Crippen LogP contribution in [0.3, 0.4) is 0 Å². The summed E-state index contributed by atoms with van der Waals surface area (Å²) in [4.78, 5) is -0.222. The Labute approximate surface area is 132 Å². The first-order valence-electron chi connectivity index (χ1n) is 6.30. The van der Waals surface area contributed by atoms with Gasteiger partial charge in [0, 0.05) is 25.2 Å². The molecule has 1 saturated heterocycles. The second-order valence-electron chi connectivity index (χ2n) is 4.76. The summed E-state index contributed by atoms with van der Waals surface area (Å²) in [6.07, 6.45) is -3.81. The number of nitrogens with two attached hydrogens (primary N) is 1. The number of sulfonamides is 1. The predicted molar refractivity (Wildman–Crippen MR) is 76.3 cm³/mol. The van der Waals surface area contributed by atoms with Crippen LogP contribution in [0.25, 0.3) is 0 Å². The van der Waals surface area contributed by atoms with E-state index in [0.717, 1.165) is 12.1 Å². The van der Waals surface area contributed by atoms with Gasteiger partial charge in [0.25, 0.3) is 0 Å². The minimum Gasteiger partial charge on any atom is -0.406 e. The molecule has 1 fully saturated rings. The first-order chi connectivity index (χ1) is 9.68. The van der Waals surface area contributed by atoms with Crippen molar-refractivity contribution < 1.29 is 26.3 Å². The lowest BCUT2D eigenvalue weighted by Crippen LogP contribution is -2.42. The molecule has 0 spiro atoms. The van der Waals surface area contributed by atoms with E-state index in [4.69, 9.17) is 5.73 Å². The van der Waals surface area contributed by atoms with Gasteiger partial charge in [-0.1, -0.05) is 6.07 Å². The van der Waals surface area contributed by atoms with Crippen LogP contribution in [-0.2, 0) is 10.0 Å². The molecule has 2 N–H and O–H groups in total. The Bertz CT molecular complexity index is 602. The monoisotopic (exact) mass is 360 g/mol. The van der Waals surface area contributed by atoms with Crippen LogP contribution in [0.4, 0.5) is 13.2 Å². The van der Waals surface area contributed by atoms with Gasteiger partial charge in [-0.25, -0.2) is 8.42 Å². The van der Waals surface area contributed by atoms with Crippen LogP contribution in [0.1, 0.15) is 12.8 Å². The van der Waals surface area contributed by atoms with Crippen LogP contribution >= 0.6 is 12.4 Å². The minimum atomic E-state index is -4.86. The van der Waals surface area contributed by atoms with Crippen molar-refractivity contribution in [2.75, 3.05) is 13.1 Å². The number of halogens is 4. The molecule has 1 aromatic carbocycles. The van der Waals surface area contributed by atoms with Crippen molar-refractivity contribution in [3.05, 3.63) is 24.3 Å². The van der Waals surface area contributed by atoms with E-state index in [2.05, 4.69) is 4.74 Å². The number of nitrogens with zero attached hydrogens (tertiary/aromatic N) is 1. The third-order valence-electron chi connectivity index (χ3n) is 3.18. The van der Waals surface area contributed by atoms with Crippen LogP contribution in [-0.4, -0.2) is 38.2 Å². The lowest BCUT2D eigenvalue weighted by molar-refractivity contribution is -0.274. The van der Waals surface area contributed by atoms with E-state index < -0.39 is 22.1 Å². The Balaban J connectivity index is 0.00000242. The van der Waals surface area contributed by atoms with Gasteiger partial charge in [-0.15, -0.1) is 25.6 Å². The Morgan fingerprint density at radius 2 is 1.82 bits per heavy atom. The zero-order valence-corrected chi connectivity index (χ0v) is 13.0. The zero-order chi connectivity index (χ0) is 15.7. The third kappa shape index (κ3) is 4.73. The van der Waals surface area contributed by atoms with Crippen molar-refractivity contribution in [3.8, 4) is 5.75 Å². The van der Waals surface area contributed by atoms with Crippen LogP contribution in [0.5, 0.6) is 5.75 Å². The van der Waals surface area contributed by atoms with Gasteiger partial charge < -0.3 is 10.5 Å². The molecule has 126 valence electrons. The normalized spacial score (nSPS) is 17.8. The molecule has 5 nitrogen and oxygen atoms in total. The van der Waals surface area contributed by atoms with Gasteiger partial charge in [0.15, 0.2) is 0 Å². The molecular formula is C12H16ClF3N2O3S. The molecule has 0 saturated carbocycles. The number of hydrogen-bond donors (Lipinski definition) is 1. The Morgan fingerprint density at radius 1 is 1.23 bits per heavy atom. The maximum absolute atomic E-state index is 12.4. The third-order valence-corrected chi connectivity index (χ3v) is 5.07. The van der Waals surface area contributed by atoms with E-state index >= 15 is 0 Å². The molecule has 1 aliphatic heterocycles. The van der Waals surface area contributed by atoms with E-state index in [1.165, 1.54) is 16.4 Å². The van der Waals surface area contributed by atoms with Crippen LogP contribution in [0, 0.1) is 0 Å². The fraction of sp³-hybridized carbons (Fsp3) is 0.500. The average Bonchev–Trinajstić information content (AvgIpc) is 2.37. The van der Waals surface area contributed by atoms with Crippen molar-refractivity contribution in [3.63, 3.8) is 0 Å². The van der Waals surface area contributed by atoms with Gasteiger partial charge in [-0.2, -0.15) is 4.31 Å². The topological polar surface area (TPSA) is 72.6 Å². The summed E-state index contributed by atoms with van der Waals surface area (Å²) in [6, 6.07) is 4.34. The fourth-order valence-electron chi connectivity index (χ4n) is 2.10. The van der Waals surface area contributed by atoms with Crippen molar-refractivity contribution in [1.29, 1.82) is 0 Å². The lowest BCUT2D eigenvalue weighted by Gasteiger charge is -2.29. The fourth-order valence-corrected chi connectivity index (χ4v) is 3.60. The molecule has 1 heterocycles. The summed E-state index contributed by atoms with van der Waals surface area (Å²) < 4.78 is 66.2. The number of benzene rings is 1. The van der Waals surface area contributed by atoms with E-state index in [1.54, 1.807) is 0 Å². The van der Waals surface area contributed by atoms with Crippen LogP contribution in [0.2, 0.25) is 0 Å². The van der Waals surface area contributed by atoms with E-state index in [9.17, 15) is 21.6 Å². The molecule has 1 aromatic rings. The highest BCUT2D eigenvalue weighted by Crippen LogP contribution is 2.27. The van der Waals surface area contributed by atoms with Crippen molar-refractivity contribution in [2.45, 2.75) is 30.1 Å². The largest absolute Gasteiger partial charge is 0.573 e. The highest BCUT2D eigenvalue weighted by molar-refractivity contribution is 7.89. The summed E-state index contributed by atoms with van der Waals surface area (Å²) in [5, 5.41) is 0. The smallest absolute Gasteiger partial charge is 0.406 e. The summed E-state index contributed by atoms with van der Waals surface area (Å²) in [5.74, 6) is -0.558. The molecule has 0 aliphatic carbocycles. The average molecular weight is 361 g/mol. The molecule has 2 rings (SSSR count). The van der Waals surface area contributed by atoms with E-state index in [-0.39, 0.29) is 36.4 Å². The summed E-state index contributed by atoms with van der Waals surface area (Å²) in [7, 11) is -3.83. The lowest BCUT2D eigenvalue weighted by atomic mass is 10.1. The van der Waals surface area contributed by atoms with Crippen molar-refractivity contribution >= 4 is 22.4 Å². The maximum Gasteiger partial charge on any atom is 0.573 e. The van der Waals surface area contributed by atoms with Crippen molar-refractivity contribution in [2.24, 2.45) is 5.73 Å². The molecule has 0 aromatic heterocycles. The number of hydrogen-bond acceptors (Lipinski definition) is 4. The number of rotatable bonds is 3. The number of piperidine rings is 1. The molecule has 1 aliphatic rings. The van der Waals surface area contributed by atoms with Crippen molar-refractivity contribution in [1.82, 2.24) is 4.31 Å². The van der Waals surface area contributed by atoms with Gasteiger partial charge in [0.1, 0.15) is 5.75 Å². The highest BCUT2D eigenvalue weighted by Gasteiger charge is 2.32. The number of alkyl halides is 3. The first-order valence-corrected chi connectivity index (χ1v) is 7.74. The highest BCUT2D eigenvalue weighted by atomic mass is 35.5. The minimum absolute atomic E-state index is 0.